The second kappa shape index (κ2) is 7.79. The summed E-state index contributed by atoms with van der Waals surface area (Å²) in [6.45, 7) is 4.18. The molecule has 1 rings (SSSR count). The molecule has 0 saturated heterocycles. The Morgan fingerprint density at radius 3 is 2.42 bits per heavy atom. The van der Waals surface area contributed by atoms with Gasteiger partial charge in [0.05, 0.1) is 23.8 Å². The van der Waals surface area contributed by atoms with Crippen LogP contribution >= 0.6 is 11.6 Å². The van der Waals surface area contributed by atoms with E-state index in [4.69, 9.17) is 21.1 Å². The lowest BCUT2D eigenvalue weighted by atomic mass is 10.1. The summed E-state index contributed by atoms with van der Waals surface area (Å²) >= 11 is 6.02. The van der Waals surface area contributed by atoms with Crippen molar-refractivity contribution < 1.29 is 19.1 Å². The van der Waals surface area contributed by atoms with Crippen LogP contribution in [0.25, 0.3) is 0 Å². The molecule has 0 aliphatic heterocycles. The normalized spacial score (nSPS) is 10.1. The number of rotatable bonds is 6. The third kappa shape index (κ3) is 4.91. The molecule has 19 heavy (non-hydrogen) atoms. The van der Waals surface area contributed by atoms with Crippen molar-refractivity contribution in [1.82, 2.24) is 0 Å². The Balaban J connectivity index is 2.66. The molecule has 1 aromatic carbocycles. The van der Waals surface area contributed by atoms with Gasteiger partial charge in [0.1, 0.15) is 0 Å². The van der Waals surface area contributed by atoms with Crippen molar-refractivity contribution in [2.24, 2.45) is 0 Å². The van der Waals surface area contributed by atoms with Gasteiger partial charge in [-0.3, -0.25) is 4.79 Å². The average Bonchev–Trinajstić information content (AvgIpc) is 2.37. The van der Waals surface area contributed by atoms with E-state index in [1.807, 2.05) is 0 Å². The molecule has 0 N–H and O–H groups in total. The number of ether oxygens (including phenoxy) is 2. The molecule has 0 radical (unpaired) electrons. The first-order valence-corrected chi connectivity index (χ1v) is 6.57. The molecule has 0 fully saturated rings. The van der Waals surface area contributed by atoms with Crippen LogP contribution in [-0.2, 0) is 20.7 Å². The van der Waals surface area contributed by atoms with Crippen LogP contribution in [0.1, 0.15) is 36.2 Å². The van der Waals surface area contributed by atoms with Gasteiger partial charge in [0.25, 0.3) is 0 Å². The van der Waals surface area contributed by atoms with Gasteiger partial charge in [-0.05, 0) is 38.0 Å². The summed E-state index contributed by atoms with van der Waals surface area (Å²) in [4.78, 5) is 22.8. The number of benzene rings is 1. The summed E-state index contributed by atoms with van der Waals surface area (Å²) in [5, 5.41) is 0.333. The second-order valence-electron chi connectivity index (χ2n) is 3.84. The predicted octanol–water partition coefficient (Wildman–Crippen LogP) is 3.01. The Bertz CT molecular complexity index is 457. The lowest BCUT2D eigenvalue weighted by Crippen LogP contribution is -2.07. The first-order chi connectivity index (χ1) is 9.08. The standard InChI is InChI=1S/C14H17ClO4/c1-3-18-13(16)8-6-10-5-7-11(12(15)9-10)14(17)19-4-2/h5,7,9H,3-4,6,8H2,1-2H3. The fraction of sp³-hybridized carbons (Fsp3) is 0.429. The van der Waals surface area contributed by atoms with Gasteiger partial charge in [0.15, 0.2) is 0 Å². The van der Waals surface area contributed by atoms with Gasteiger partial charge in [-0.1, -0.05) is 17.7 Å². The summed E-state index contributed by atoms with van der Waals surface area (Å²) in [5.41, 5.74) is 1.22. The molecule has 1 aromatic rings. The number of hydrogen-bond acceptors (Lipinski definition) is 4. The minimum Gasteiger partial charge on any atom is -0.466 e. The lowest BCUT2D eigenvalue weighted by Gasteiger charge is -2.06. The average molecular weight is 285 g/mol. The van der Waals surface area contributed by atoms with Crippen LogP contribution in [0.15, 0.2) is 18.2 Å². The molecule has 0 aliphatic carbocycles. The Morgan fingerprint density at radius 1 is 1.16 bits per heavy atom. The van der Waals surface area contributed by atoms with Crippen LogP contribution in [0, 0.1) is 0 Å². The van der Waals surface area contributed by atoms with Crippen molar-refractivity contribution in [2.75, 3.05) is 13.2 Å². The van der Waals surface area contributed by atoms with E-state index in [0.29, 0.717) is 36.6 Å². The topological polar surface area (TPSA) is 52.6 Å². The summed E-state index contributed by atoms with van der Waals surface area (Å²) in [5.74, 6) is -0.683. The van der Waals surface area contributed by atoms with Gasteiger partial charge in [-0.2, -0.15) is 0 Å². The Hall–Kier alpha value is -1.55. The van der Waals surface area contributed by atoms with E-state index in [9.17, 15) is 9.59 Å². The summed E-state index contributed by atoms with van der Waals surface area (Å²) < 4.78 is 9.72. The fourth-order valence-corrected chi connectivity index (χ4v) is 1.85. The van der Waals surface area contributed by atoms with Crippen molar-refractivity contribution in [2.45, 2.75) is 26.7 Å². The van der Waals surface area contributed by atoms with E-state index in [1.54, 1.807) is 32.0 Å². The quantitative estimate of drug-likeness (QED) is 0.754. The number of esters is 2. The van der Waals surface area contributed by atoms with E-state index >= 15 is 0 Å². The highest BCUT2D eigenvalue weighted by Gasteiger charge is 2.12. The van der Waals surface area contributed by atoms with Gasteiger partial charge in [-0.15, -0.1) is 0 Å². The van der Waals surface area contributed by atoms with Crippen LogP contribution in [0.5, 0.6) is 0 Å². The van der Waals surface area contributed by atoms with Crippen molar-refractivity contribution >= 4 is 23.5 Å². The van der Waals surface area contributed by atoms with E-state index < -0.39 is 5.97 Å². The maximum absolute atomic E-state index is 11.5. The van der Waals surface area contributed by atoms with Crippen LogP contribution in [0.2, 0.25) is 5.02 Å². The first kappa shape index (κ1) is 15.5. The molecule has 0 aliphatic rings. The van der Waals surface area contributed by atoms with E-state index in [-0.39, 0.29) is 5.97 Å². The monoisotopic (exact) mass is 284 g/mol. The van der Waals surface area contributed by atoms with Gasteiger partial charge in [-0.25, -0.2) is 4.79 Å². The van der Waals surface area contributed by atoms with Gasteiger partial charge in [0, 0.05) is 6.42 Å². The zero-order valence-corrected chi connectivity index (χ0v) is 11.8. The zero-order chi connectivity index (χ0) is 14.3. The SMILES string of the molecule is CCOC(=O)CCc1ccc(C(=O)OCC)c(Cl)c1. The van der Waals surface area contributed by atoms with E-state index in [1.165, 1.54) is 0 Å². The Labute approximate surface area is 117 Å². The molecule has 104 valence electrons. The first-order valence-electron chi connectivity index (χ1n) is 6.19. The highest BCUT2D eigenvalue weighted by Crippen LogP contribution is 2.20. The van der Waals surface area contributed by atoms with Crippen molar-refractivity contribution in [3.8, 4) is 0 Å². The molecule has 0 unspecified atom stereocenters. The molecule has 0 atom stereocenters. The maximum atomic E-state index is 11.5. The molecule has 5 heteroatoms. The van der Waals surface area contributed by atoms with E-state index in [0.717, 1.165) is 5.56 Å². The number of hydrogen-bond donors (Lipinski definition) is 0. The summed E-state index contributed by atoms with van der Waals surface area (Å²) in [7, 11) is 0. The van der Waals surface area contributed by atoms with Crippen molar-refractivity contribution in [3.63, 3.8) is 0 Å². The number of carbonyl (C=O) groups excluding carboxylic acids is 2. The molecular weight excluding hydrogens is 268 g/mol. The fourth-order valence-electron chi connectivity index (χ4n) is 1.57. The molecule has 0 bridgehead atoms. The molecular formula is C14H17ClO4. The van der Waals surface area contributed by atoms with Crippen LogP contribution < -0.4 is 0 Å². The molecule has 0 spiro atoms. The molecule has 0 saturated carbocycles. The van der Waals surface area contributed by atoms with Crippen LogP contribution in [0.4, 0.5) is 0 Å². The van der Waals surface area contributed by atoms with Crippen LogP contribution in [-0.4, -0.2) is 25.2 Å². The smallest absolute Gasteiger partial charge is 0.339 e. The molecule has 4 nitrogen and oxygen atoms in total. The molecule has 0 amide bonds. The maximum Gasteiger partial charge on any atom is 0.339 e. The largest absolute Gasteiger partial charge is 0.466 e. The lowest BCUT2D eigenvalue weighted by molar-refractivity contribution is -0.143. The minimum atomic E-state index is -0.440. The zero-order valence-electron chi connectivity index (χ0n) is 11.1. The second-order valence-corrected chi connectivity index (χ2v) is 4.25. The molecule has 0 heterocycles. The van der Waals surface area contributed by atoms with Crippen molar-refractivity contribution in [1.29, 1.82) is 0 Å². The highest BCUT2D eigenvalue weighted by molar-refractivity contribution is 6.33. The van der Waals surface area contributed by atoms with E-state index in [2.05, 4.69) is 0 Å². The Kier molecular flexibility index (Phi) is 6.36. The minimum absolute atomic E-state index is 0.243. The summed E-state index contributed by atoms with van der Waals surface area (Å²) in [6, 6.07) is 5.05. The van der Waals surface area contributed by atoms with Gasteiger partial charge >= 0.3 is 11.9 Å². The summed E-state index contributed by atoms with van der Waals surface area (Å²) in [6.07, 6.45) is 0.824. The number of carbonyl (C=O) groups is 2. The van der Waals surface area contributed by atoms with Gasteiger partial charge in [0.2, 0.25) is 0 Å². The van der Waals surface area contributed by atoms with Crippen LogP contribution in [0.3, 0.4) is 0 Å². The number of aryl methyl sites for hydroxylation is 1. The molecule has 0 aromatic heterocycles. The Morgan fingerprint density at radius 2 is 1.84 bits per heavy atom. The van der Waals surface area contributed by atoms with Crippen molar-refractivity contribution in [3.05, 3.63) is 34.3 Å². The highest BCUT2D eigenvalue weighted by atomic mass is 35.5. The number of halogens is 1. The third-order valence-electron chi connectivity index (χ3n) is 2.45. The predicted molar refractivity (Wildman–Crippen MR) is 72.4 cm³/mol. The van der Waals surface area contributed by atoms with Gasteiger partial charge < -0.3 is 9.47 Å². The third-order valence-corrected chi connectivity index (χ3v) is 2.76.